The summed E-state index contributed by atoms with van der Waals surface area (Å²) in [6.07, 6.45) is 0. The van der Waals surface area contributed by atoms with E-state index in [0.29, 0.717) is 6.54 Å². The quantitative estimate of drug-likeness (QED) is 0.341. The van der Waals surface area contributed by atoms with Gasteiger partial charge in [-0.25, -0.2) is 4.99 Å². The van der Waals surface area contributed by atoms with E-state index in [2.05, 4.69) is 38.8 Å². The zero-order valence-electron chi connectivity index (χ0n) is 15.5. The number of fused-ring (bicyclic) bond motifs is 1. The zero-order chi connectivity index (χ0) is 17.8. The van der Waals surface area contributed by atoms with Crippen LogP contribution in [0.1, 0.15) is 37.3 Å². The Morgan fingerprint density at radius 3 is 2.73 bits per heavy atom. The third-order valence-electron chi connectivity index (χ3n) is 4.13. The fraction of sp³-hybridized carbons (Fsp3) is 0.389. The van der Waals surface area contributed by atoms with Crippen molar-refractivity contribution in [1.29, 1.82) is 0 Å². The maximum atomic E-state index is 5.92. The van der Waals surface area contributed by atoms with Gasteiger partial charge in [-0.05, 0) is 32.9 Å². The Balaban J connectivity index is 0.00000243. The second-order valence-electron chi connectivity index (χ2n) is 5.97. The predicted octanol–water partition coefficient (Wildman–Crippen LogP) is 3.30. The van der Waals surface area contributed by atoms with Gasteiger partial charge in [0.15, 0.2) is 11.8 Å². The monoisotopic (exact) mass is 468 g/mol. The largest absolute Gasteiger partial charge is 0.459 e. The Morgan fingerprint density at radius 1 is 1.31 bits per heavy atom. The van der Waals surface area contributed by atoms with Gasteiger partial charge in [-0.3, -0.25) is 0 Å². The number of rotatable bonds is 5. The molecular formula is C18H25IN6O. The summed E-state index contributed by atoms with van der Waals surface area (Å²) in [5.74, 6) is 3.29. The number of nitrogens with zero attached hydrogens (tertiary/aromatic N) is 4. The summed E-state index contributed by atoms with van der Waals surface area (Å²) in [5, 5.41) is 15.9. The van der Waals surface area contributed by atoms with Crippen LogP contribution < -0.4 is 10.6 Å². The fourth-order valence-electron chi connectivity index (χ4n) is 2.55. The van der Waals surface area contributed by atoms with E-state index in [1.807, 2.05) is 49.7 Å². The topological polar surface area (TPSA) is 80.3 Å². The standard InChI is InChI=1S/C18H24N6O.HI/c1-5-19-18(20-11-17-23-22-13(3)24(17)4)21-12(2)16-10-14-8-6-7-9-15(14)25-16;/h6-10,12H,5,11H2,1-4H3,(H2,19,20,21);1H. The molecule has 1 atom stereocenters. The molecule has 0 aliphatic rings. The predicted molar refractivity (Wildman–Crippen MR) is 114 cm³/mol. The SMILES string of the molecule is CCNC(=NCc1nnc(C)n1C)NC(C)c1cc2ccccc2o1.I. The van der Waals surface area contributed by atoms with E-state index in [1.54, 1.807) is 0 Å². The molecule has 3 rings (SSSR count). The Bertz CT molecular complexity index is 852. The third kappa shape index (κ3) is 4.54. The smallest absolute Gasteiger partial charge is 0.192 e. The number of aryl methyl sites for hydroxylation is 1. The number of benzene rings is 1. The molecule has 0 bridgehead atoms. The maximum Gasteiger partial charge on any atom is 0.192 e. The van der Waals surface area contributed by atoms with Crippen LogP contribution in [-0.4, -0.2) is 27.3 Å². The number of aromatic nitrogens is 3. The van der Waals surface area contributed by atoms with E-state index < -0.39 is 0 Å². The minimum atomic E-state index is -0.00793. The number of guanidine groups is 1. The van der Waals surface area contributed by atoms with Crippen molar-refractivity contribution in [2.24, 2.45) is 12.0 Å². The lowest BCUT2D eigenvalue weighted by atomic mass is 10.2. The summed E-state index contributed by atoms with van der Waals surface area (Å²) in [6, 6.07) is 10.1. The molecule has 0 spiro atoms. The van der Waals surface area contributed by atoms with Crippen LogP contribution >= 0.6 is 24.0 Å². The van der Waals surface area contributed by atoms with Crippen LogP contribution in [0.4, 0.5) is 0 Å². The summed E-state index contributed by atoms with van der Waals surface area (Å²) in [7, 11) is 1.94. The van der Waals surface area contributed by atoms with Gasteiger partial charge in [0.1, 0.15) is 23.7 Å². The Hall–Kier alpha value is -2.10. The molecule has 3 aromatic rings. The number of hydrogen-bond donors (Lipinski definition) is 2. The van der Waals surface area contributed by atoms with Crippen molar-refractivity contribution in [3.05, 3.63) is 47.7 Å². The normalized spacial score (nSPS) is 12.7. The van der Waals surface area contributed by atoms with Crippen molar-refractivity contribution in [3.8, 4) is 0 Å². The van der Waals surface area contributed by atoms with Gasteiger partial charge in [0.2, 0.25) is 0 Å². The first-order valence-electron chi connectivity index (χ1n) is 8.46. The lowest BCUT2D eigenvalue weighted by Crippen LogP contribution is -2.38. The minimum absolute atomic E-state index is 0. The fourth-order valence-corrected chi connectivity index (χ4v) is 2.55. The molecule has 140 valence electrons. The molecule has 2 heterocycles. The summed E-state index contributed by atoms with van der Waals surface area (Å²) in [4.78, 5) is 4.61. The molecule has 2 aromatic heterocycles. The molecule has 7 nitrogen and oxygen atoms in total. The zero-order valence-corrected chi connectivity index (χ0v) is 17.8. The second kappa shape index (κ2) is 9.02. The van der Waals surface area contributed by atoms with Gasteiger partial charge >= 0.3 is 0 Å². The van der Waals surface area contributed by atoms with Gasteiger partial charge in [0.05, 0.1) is 6.04 Å². The van der Waals surface area contributed by atoms with Gasteiger partial charge in [0, 0.05) is 19.0 Å². The second-order valence-corrected chi connectivity index (χ2v) is 5.97. The van der Waals surface area contributed by atoms with Crippen molar-refractivity contribution in [2.45, 2.75) is 33.4 Å². The molecule has 2 N–H and O–H groups in total. The number of halogens is 1. The van der Waals surface area contributed by atoms with Gasteiger partial charge < -0.3 is 19.6 Å². The number of aliphatic imine (C=N–C) groups is 1. The summed E-state index contributed by atoms with van der Waals surface area (Å²) in [6.45, 7) is 7.25. The van der Waals surface area contributed by atoms with Crippen molar-refractivity contribution in [3.63, 3.8) is 0 Å². The average Bonchev–Trinajstić information content (AvgIpc) is 3.17. The van der Waals surface area contributed by atoms with E-state index in [0.717, 1.165) is 40.9 Å². The van der Waals surface area contributed by atoms with Crippen LogP contribution in [0.25, 0.3) is 11.0 Å². The van der Waals surface area contributed by atoms with E-state index in [4.69, 9.17) is 4.42 Å². The van der Waals surface area contributed by atoms with Gasteiger partial charge in [0.25, 0.3) is 0 Å². The Kier molecular flexibility index (Phi) is 7.01. The first kappa shape index (κ1) is 20.2. The highest BCUT2D eigenvalue weighted by atomic mass is 127. The van der Waals surface area contributed by atoms with E-state index in [9.17, 15) is 0 Å². The number of para-hydroxylation sites is 1. The molecule has 26 heavy (non-hydrogen) atoms. The highest BCUT2D eigenvalue weighted by molar-refractivity contribution is 14.0. The van der Waals surface area contributed by atoms with Crippen LogP contribution in [0.2, 0.25) is 0 Å². The molecule has 8 heteroatoms. The van der Waals surface area contributed by atoms with E-state index in [1.165, 1.54) is 0 Å². The molecular weight excluding hydrogens is 443 g/mol. The summed E-state index contributed by atoms with van der Waals surface area (Å²) in [5.41, 5.74) is 0.891. The van der Waals surface area contributed by atoms with Gasteiger partial charge in [-0.2, -0.15) is 0 Å². The van der Waals surface area contributed by atoms with Crippen LogP contribution in [0.3, 0.4) is 0 Å². The van der Waals surface area contributed by atoms with Crippen molar-refractivity contribution >= 4 is 40.9 Å². The van der Waals surface area contributed by atoms with Crippen molar-refractivity contribution < 1.29 is 4.42 Å². The molecule has 0 aliphatic heterocycles. The van der Waals surface area contributed by atoms with Gasteiger partial charge in [-0.1, -0.05) is 18.2 Å². The summed E-state index contributed by atoms with van der Waals surface area (Å²) < 4.78 is 7.86. The lowest BCUT2D eigenvalue weighted by Gasteiger charge is -2.16. The molecule has 0 fully saturated rings. The maximum absolute atomic E-state index is 5.92. The molecule has 0 radical (unpaired) electrons. The summed E-state index contributed by atoms with van der Waals surface area (Å²) >= 11 is 0. The number of nitrogens with one attached hydrogen (secondary N) is 2. The van der Waals surface area contributed by atoms with Crippen LogP contribution in [0.15, 0.2) is 39.7 Å². The first-order valence-corrected chi connectivity index (χ1v) is 8.46. The lowest BCUT2D eigenvalue weighted by molar-refractivity contribution is 0.488. The number of hydrogen-bond acceptors (Lipinski definition) is 4. The number of furan rings is 1. The average molecular weight is 468 g/mol. The van der Waals surface area contributed by atoms with Crippen LogP contribution in [0.5, 0.6) is 0 Å². The minimum Gasteiger partial charge on any atom is -0.459 e. The molecule has 0 saturated carbocycles. The van der Waals surface area contributed by atoms with Crippen molar-refractivity contribution in [2.75, 3.05) is 6.54 Å². The highest BCUT2D eigenvalue weighted by Crippen LogP contribution is 2.23. The highest BCUT2D eigenvalue weighted by Gasteiger charge is 2.13. The van der Waals surface area contributed by atoms with Crippen molar-refractivity contribution in [1.82, 2.24) is 25.4 Å². The Morgan fingerprint density at radius 2 is 2.08 bits per heavy atom. The third-order valence-corrected chi connectivity index (χ3v) is 4.13. The van der Waals surface area contributed by atoms with Crippen LogP contribution in [0, 0.1) is 6.92 Å². The van der Waals surface area contributed by atoms with E-state index in [-0.39, 0.29) is 30.0 Å². The molecule has 1 aromatic carbocycles. The van der Waals surface area contributed by atoms with Crippen LogP contribution in [-0.2, 0) is 13.6 Å². The molecule has 0 amide bonds. The van der Waals surface area contributed by atoms with Gasteiger partial charge in [-0.15, -0.1) is 34.2 Å². The molecule has 0 saturated heterocycles. The van der Waals surface area contributed by atoms with E-state index >= 15 is 0 Å². The first-order chi connectivity index (χ1) is 12.1. The molecule has 1 unspecified atom stereocenters. The molecule has 0 aliphatic carbocycles. The Labute approximate surface area is 170 Å².